The second-order valence-electron chi connectivity index (χ2n) is 5.74. The van der Waals surface area contributed by atoms with Crippen molar-refractivity contribution in [3.63, 3.8) is 0 Å². The summed E-state index contributed by atoms with van der Waals surface area (Å²) in [6, 6.07) is 12.0. The van der Waals surface area contributed by atoms with E-state index in [1.807, 2.05) is 18.2 Å². The van der Waals surface area contributed by atoms with Crippen LogP contribution < -0.4 is 10.1 Å². The van der Waals surface area contributed by atoms with Crippen molar-refractivity contribution in [1.82, 2.24) is 20.2 Å². The molecule has 0 saturated carbocycles. The lowest BCUT2D eigenvalue weighted by Crippen LogP contribution is -1.99. The van der Waals surface area contributed by atoms with E-state index in [2.05, 4.69) is 50.6 Å². The van der Waals surface area contributed by atoms with Crippen LogP contribution in [-0.4, -0.2) is 27.3 Å². The normalized spacial score (nSPS) is 10.8. The molecule has 2 N–H and O–H groups in total. The highest BCUT2D eigenvalue weighted by Crippen LogP contribution is 2.31. The van der Waals surface area contributed by atoms with E-state index in [4.69, 9.17) is 4.74 Å². The number of benzene rings is 1. The molecule has 1 aromatic carbocycles. The molecule has 6 heteroatoms. The Morgan fingerprint density at radius 1 is 1.08 bits per heavy atom. The van der Waals surface area contributed by atoms with Crippen molar-refractivity contribution >= 4 is 22.3 Å². The molecular formula is C19H17N5O. The van der Waals surface area contributed by atoms with Crippen LogP contribution in [0.3, 0.4) is 0 Å². The zero-order valence-corrected chi connectivity index (χ0v) is 13.9. The number of methoxy groups -OCH3 is 1. The first-order valence-electron chi connectivity index (χ1n) is 7.91. The van der Waals surface area contributed by atoms with Gasteiger partial charge in [-0.3, -0.25) is 10.1 Å². The maximum absolute atomic E-state index is 5.47. The molecule has 4 aromatic rings. The maximum Gasteiger partial charge on any atom is 0.238 e. The molecule has 0 aliphatic heterocycles. The summed E-state index contributed by atoms with van der Waals surface area (Å²) in [7, 11) is 1.61. The summed E-state index contributed by atoms with van der Waals surface area (Å²) < 4.78 is 5.47. The van der Waals surface area contributed by atoms with Gasteiger partial charge in [0.05, 0.1) is 24.5 Å². The number of H-pyrrole nitrogens is 1. The predicted octanol–water partition coefficient (Wildman–Crippen LogP) is 4.08. The van der Waals surface area contributed by atoms with Gasteiger partial charge in [-0.2, -0.15) is 5.10 Å². The molecule has 6 nitrogen and oxygen atoms in total. The number of anilines is 2. The number of aromatic amines is 1. The summed E-state index contributed by atoms with van der Waals surface area (Å²) in [6.07, 6.45) is 5.32. The standard InChI is InChI=1S/C19H17N5O/c1-12-3-4-14-16(7-8-20-18(14)9-12)23-17-6-5-15(24-19(17)25-2)13-10-21-22-11-13/h3-11H,1-2H3,(H,20,23)(H,21,22). The second kappa shape index (κ2) is 6.24. The molecule has 0 amide bonds. The average molecular weight is 331 g/mol. The Labute approximate surface area is 144 Å². The van der Waals surface area contributed by atoms with Gasteiger partial charge in [0.25, 0.3) is 0 Å². The van der Waals surface area contributed by atoms with Crippen molar-refractivity contribution in [2.24, 2.45) is 0 Å². The van der Waals surface area contributed by atoms with E-state index in [0.29, 0.717) is 5.88 Å². The van der Waals surface area contributed by atoms with Crippen molar-refractivity contribution in [3.8, 4) is 17.1 Å². The van der Waals surface area contributed by atoms with Gasteiger partial charge < -0.3 is 10.1 Å². The summed E-state index contributed by atoms with van der Waals surface area (Å²) >= 11 is 0. The van der Waals surface area contributed by atoms with Crippen LogP contribution in [0, 0.1) is 6.92 Å². The van der Waals surface area contributed by atoms with Crippen molar-refractivity contribution < 1.29 is 4.74 Å². The first-order valence-corrected chi connectivity index (χ1v) is 7.91. The fourth-order valence-corrected chi connectivity index (χ4v) is 2.76. The Kier molecular flexibility index (Phi) is 3.78. The first kappa shape index (κ1) is 15.1. The number of hydrogen-bond acceptors (Lipinski definition) is 5. The Bertz CT molecular complexity index is 1030. The van der Waals surface area contributed by atoms with Crippen LogP contribution in [0.4, 0.5) is 11.4 Å². The molecule has 0 saturated heterocycles. The number of nitrogens with one attached hydrogen (secondary N) is 2. The van der Waals surface area contributed by atoms with E-state index in [1.165, 1.54) is 5.56 Å². The zero-order valence-electron chi connectivity index (χ0n) is 13.9. The lowest BCUT2D eigenvalue weighted by atomic mass is 10.1. The van der Waals surface area contributed by atoms with Gasteiger partial charge in [-0.05, 0) is 36.8 Å². The van der Waals surface area contributed by atoms with Gasteiger partial charge in [0.1, 0.15) is 5.69 Å². The molecule has 3 aromatic heterocycles. The van der Waals surface area contributed by atoms with Crippen LogP contribution in [0.5, 0.6) is 5.88 Å². The summed E-state index contributed by atoms with van der Waals surface area (Å²) in [5, 5.41) is 11.2. The SMILES string of the molecule is COc1nc(-c2cn[nH]c2)ccc1Nc1ccnc2cc(C)ccc12. The molecule has 0 atom stereocenters. The largest absolute Gasteiger partial charge is 0.480 e. The Morgan fingerprint density at radius 3 is 2.80 bits per heavy atom. The second-order valence-corrected chi connectivity index (χ2v) is 5.74. The molecule has 0 aliphatic carbocycles. The fourth-order valence-electron chi connectivity index (χ4n) is 2.76. The average Bonchev–Trinajstić information content (AvgIpc) is 3.16. The van der Waals surface area contributed by atoms with E-state index < -0.39 is 0 Å². The lowest BCUT2D eigenvalue weighted by molar-refractivity contribution is 0.400. The topological polar surface area (TPSA) is 75.7 Å². The van der Waals surface area contributed by atoms with Gasteiger partial charge in [0, 0.05) is 29.0 Å². The van der Waals surface area contributed by atoms with Crippen LogP contribution in [0.1, 0.15) is 5.56 Å². The third-order valence-electron chi connectivity index (χ3n) is 4.02. The fraction of sp³-hybridized carbons (Fsp3) is 0.105. The van der Waals surface area contributed by atoms with Gasteiger partial charge >= 0.3 is 0 Å². The van der Waals surface area contributed by atoms with Gasteiger partial charge in [0.15, 0.2) is 0 Å². The molecule has 0 unspecified atom stereocenters. The van der Waals surface area contributed by atoms with Crippen LogP contribution in [0.2, 0.25) is 0 Å². The monoisotopic (exact) mass is 331 g/mol. The third-order valence-corrected chi connectivity index (χ3v) is 4.02. The van der Waals surface area contributed by atoms with Crippen molar-refractivity contribution in [2.75, 3.05) is 12.4 Å². The number of hydrogen-bond donors (Lipinski definition) is 2. The molecule has 3 heterocycles. The Balaban J connectivity index is 1.74. The highest BCUT2D eigenvalue weighted by molar-refractivity contribution is 5.93. The molecule has 4 rings (SSSR count). The van der Waals surface area contributed by atoms with E-state index in [-0.39, 0.29) is 0 Å². The number of aromatic nitrogens is 4. The van der Waals surface area contributed by atoms with Gasteiger partial charge in [-0.15, -0.1) is 0 Å². The molecule has 0 spiro atoms. The number of rotatable bonds is 4. The quantitative estimate of drug-likeness (QED) is 0.589. The van der Waals surface area contributed by atoms with Gasteiger partial charge in [-0.1, -0.05) is 12.1 Å². The van der Waals surface area contributed by atoms with Crippen molar-refractivity contribution in [2.45, 2.75) is 6.92 Å². The highest BCUT2D eigenvalue weighted by Gasteiger charge is 2.10. The minimum Gasteiger partial charge on any atom is -0.480 e. The van der Waals surface area contributed by atoms with Gasteiger partial charge in [-0.25, -0.2) is 4.98 Å². The van der Waals surface area contributed by atoms with E-state index >= 15 is 0 Å². The first-order chi connectivity index (χ1) is 12.2. The number of aryl methyl sites for hydroxylation is 1. The summed E-state index contributed by atoms with van der Waals surface area (Å²) in [5.74, 6) is 0.524. The highest BCUT2D eigenvalue weighted by atomic mass is 16.5. The summed E-state index contributed by atoms with van der Waals surface area (Å²) in [4.78, 5) is 9.00. The zero-order chi connectivity index (χ0) is 17.2. The minimum atomic E-state index is 0.524. The molecule has 25 heavy (non-hydrogen) atoms. The number of ether oxygens (including phenoxy) is 1. The van der Waals surface area contributed by atoms with Crippen molar-refractivity contribution in [1.29, 1.82) is 0 Å². The van der Waals surface area contributed by atoms with Crippen LogP contribution in [-0.2, 0) is 0 Å². The molecule has 0 fully saturated rings. The molecular weight excluding hydrogens is 314 g/mol. The van der Waals surface area contributed by atoms with Crippen LogP contribution in [0.15, 0.2) is 55.0 Å². The number of fused-ring (bicyclic) bond motifs is 1. The Morgan fingerprint density at radius 2 is 2.00 bits per heavy atom. The van der Waals surface area contributed by atoms with E-state index in [1.54, 1.807) is 25.7 Å². The van der Waals surface area contributed by atoms with Crippen LogP contribution in [0.25, 0.3) is 22.2 Å². The maximum atomic E-state index is 5.47. The number of pyridine rings is 2. The molecule has 124 valence electrons. The van der Waals surface area contributed by atoms with Gasteiger partial charge in [0.2, 0.25) is 5.88 Å². The van der Waals surface area contributed by atoms with Crippen LogP contribution >= 0.6 is 0 Å². The molecule has 0 bridgehead atoms. The van der Waals surface area contributed by atoms with E-state index in [9.17, 15) is 0 Å². The molecule has 0 aliphatic rings. The smallest absolute Gasteiger partial charge is 0.238 e. The summed E-state index contributed by atoms with van der Waals surface area (Å²) in [5.41, 5.74) is 5.60. The Hall–Kier alpha value is -3.41. The van der Waals surface area contributed by atoms with E-state index in [0.717, 1.165) is 33.5 Å². The minimum absolute atomic E-state index is 0.524. The molecule has 0 radical (unpaired) electrons. The third kappa shape index (κ3) is 2.89. The number of nitrogens with zero attached hydrogens (tertiary/aromatic N) is 3. The lowest BCUT2D eigenvalue weighted by Gasteiger charge is -2.13. The summed E-state index contributed by atoms with van der Waals surface area (Å²) in [6.45, 7) is 2.06. The predicted molar refractivity (Wildman–Crippen MR) is 98.1 cm³/mol. The van der Waals surface area contributed by atoms with Crippen molar-refractivity contribution in [3.05, 3.63) is 60.6 Å².